The SMILES string of the molecule is Cl.O=C(NC1CN2CCC1CC2)c1cc2cccc(Cl)c2s1. The second-order valence-electron chi connectivity index (χ2n) is 5.99. The molecule has 1 N–H and O–H groups in total. The first kappa shape index (κ1) is 16.1. The molecule has 1 aromatic heterocycles. The Bertz CT molecular complexity index is 695. The Morgan fingerprint density at radius 1 is 1.32 bits per heavy atom. The molecule has 2 aromatic rings. The number of benzene rings is 1. The van der Waals surface area contributed by atoms with Crippen molar-refractivity contribution in [1.82, 2.24) is 10.2 Å². The Labute approximate surface area is 145 Å². The molecule has 0 aliphatic carbocycles. The molecular weight excluding hydrogens is 339 g/mol. The van der Waals surface area contributed by atoms with E-state index in [9.17, 15) is 4.79 Å². The smallest absolute Gasteiger partial charge is 0.261 e. The van der Waals surface area contributed by atoms with Crippen molar-refractivity contribution in [2.75, 3.05) is 19.6 Å². The number of piperidine rings is 3. The quantitative estimate of drug-likeness (QED) is 0.887. The van der Waals surface area contributed by atoms with Crippen LogP contribution in [0.15, 0.2) is 24.3 Å². The summed E-state index contributed by atoms with van der Waals surface area (Å²) < 4.78 is 0.998. The van der Waals surface area contributed by atoms with Crippen molar-refractivity contribution in [3.8, 4) is 0 Å². The number of hydrogen-bond donors (Lipinski definition) is 1. The van der Waals surface area contributed by atoms with Crippen LogP contribution in [0.1, 0.15) is 22.5 Å². The average Bonchev–Trinajstić information content (AvgIpc) is 2.94. The minimum Gasteiger partial charge on any atom is -0.347 e. The molecule has 3 aliphatic rings. The van der Waals surface area contributed by atoms with Gasteiger partial charge in [-0.3, -0.25) is 4.79 Å². The number of thiophene rings is 1. The number of fused-ring (bicyclic) bond motifs is 4. The summed E-state index contributed by atoms with van der Waals surface area (Å²) in [7, 11) is 0. The molecule has 0 spiro atoms. The van der Waals surface area contributed by atoms with Crippen molar-refractivity contribution < 1.29 is 4.79 Å². The molecule has 118 valence electrons. The molecule has 22 heavy (non-hydrogen) atoms. The van der Waals surface area contributed by atoms with Crippen molar-refractivity contribution in [3.63, 3.8) is 0 Å². The van der Waals surface area contributed by atoms with Crippen molar-refractivity contribution in [2.45, 2.75) is 18.9 Å². The highest BCUT2D eigenvalue weighted by atomic mass is 35.5. The minimum atomic E-state index is 0. The lowest BCUT2D eigenvalue weighted by Crippen LogP contribution is -2.57. The van der Waals surface area contributed by atoms with Gasteiger partial charge in [0, 0.05) is 12.6 Å². The predicted molar refractivity (Wildman–Crippen MR) is 94.5 cm³/mol. The number of hydrogen-bond acceptors (Lipinski definition) is 3. The van der Waals surface area contributed by atoms with E-state index in [0.717, 1.165) is 26.5 Å². The number of carbonyl (C=O) groups is 1. The summed E-state index contributed by atoms with van der Waals surface area (Å²) in [6.45, 7) is 3.38. The lowest BCUT2D eigenvalue weighted by atomic mass is 9.84. The van der Waals surface area contributed by atoms with Gasteiger partial charge in [-0.25, -0.2) is 0 Å². The lowest BCUT2D eigenvalue weighted by molar-refractivity contribution is 0.0622. The van der Waals surface area contributed by atoms with Gasteiger partial charge in [-0.05, 0) is 49.4 Å². The number of halogens is 2. The lowest BCUT2D eigenvalue weighted by Gasteiger charge is -2.44. The second-order valence-corrected chi connectivity index (χ2v) is 7.45. The molecule has 2 bridgehead atoms. The van der Waals surface area contributed by atoms with E-state index in [-0.39, 0.29) is 18.3 Å². The van der Waals surface area contributed by atoms with Crippen molar-refractivity contribution in [1.29, 1.82) is 0 Å². The van der Waals surface area contributed by atoms with Gasteiger partial charge < -0.3 is 10.2 Å². The summed E-state index contributed by atoms with van der Waals surface area (Å²) in [6.07, 6.45) is 2.42. The van der Waals surface area contributed by atoms with E-state index in [1.165, 1.54) is 37.3 Å². The number of amides is 1. The monoisotopic (exact) mass is 356 g/mol. The summed E-state index contributed by atoms with van der Waals surface area (Å²) in [5.74, 6) is 0.697. The van der Waals surface area contributed by atoms with Gasteiger partial charge in [-0.1, -0.05) is 23.7 Å². The van der Waals surface area contributed by atoms with E-state index in [2.05, 4.69) is 10.2 Å². The Kier molecular flexibility index (Phi) is 4.64. The molecule has 5 rings (SSSR count). The summed E-state index contributed by atoms with van der Waals surface area (Å²) in [5, 5.41) is 5.00. The highest BCUT2D eigenvalue weighted by Gasteiger charge is 2.35. The maximum atomic E-state index is 12.5. The molecular formula is C16H18Cl2N2OS. The molecule has 0 saturated carbocycles. The maximum absolute atomic E-state index is 12.5. The number of nitrogens with zero attached hydrogens (tertiary/aromatic N) is 1. The first-order valence-corrected chi connectivity index (χ1v) is 8.61. The van der Waals surface area contributed by atoms with Gasteiger partial charge in [0.25, 0.3) is 5.91 Å². The van der Waals surface area contributed by atoms with Crippen LogP contribution in [-0.4, -0.2) is 36.5 Å². The minimum absolute atomic E-state index is 0. The Morgan fingerprint density at radius 2 is 2.09 bits per heavy atom. The van der Waals surface area contributed by atoms with Crippen molar-refractivity contribution in [3.05, 3.63) is 34.2 Å². The van der Waals surface area contributed by atoms with Gasteiger partial charge in [0.1, 0.15) is 0 Å². The fraction of sp³-hybridized carbons (Fsp3) is 0.438. The van der Waals surface area contributed by atoms with Crippen LogP contribution in [0.2, 0.25) is 5.02 Å². The number of nitrogens with one attached hydrogen (secondary N) is 1. The standard InChI is InChI=1S/C16H17ClN2OS.ClH/c17-12-3-1-2-11-8-14(21-15(11)12)16(20)18-13-9-19-6-4-10(13)5-7-19;/h1-3,8,10,13H,4-7,9H2,(H,18,20);1H. The fourth-order valence-corrected chi connectivity index (χ4v) is 4.77. The first-order chi connectivity index (χ1) is 10.2. The molecule has 4 heterocycles. The molecule has 3 aliphatic heterocycles. The van der Waals surface area contributed by atoms with Crippen LogP contribution in [0.5, 0.6) is 0 Å². The van der Waals surface area contributed by atoms with Crippen molar-refractivity contribution in [2.24, 2.45) is 5.92 Å². The molecule has 3 nitrogen and oxygen atoms in total. The third-order valence-electron chi connectivity index (χ3n) is 4.69. The third kappa shape index (κ3) is 2.85. The van der Waals surface area contributed by atoms with E-state index < -0.39 is 0 Å². The highest BCUT2D eigenvalue weighted by molar-refractivity contribution is 7.21. The Balaban J connectivity index is 0.00000144. The number of rotatable bonds is 2. The molecule has 6 heteroatoms. The molecule has 0 radical (unpaired) electrons. The van der Waals surface area contributed by atoms with Gasteiger partial charge >= 0.3 is 0 Å². The topological polar surface area (TPSA) is 32.3 Å². The summed E-state index contributed by atoms with van der Waals surface area (Å²) in [5.41, 5.74) is 0. The van der Waals surface area contributed by atoms with Crippen LogP contribution in [-0.2, 0) is 0 Å². The number of carbonyl (C=O) groups excluding carboxylic acids is 1. The van der Waals surface area contributed by atoms with Crippen LogP contribution in [0, 0.1) is 5.92 Å². The van der Waals surface area contributed by atoms with E-state index in [4.69, 9.17) is 11.6 Å². The van der Waals surface area contributed by atoms with Gasteiger partial charge in [-0.2, -0.15) is 0 Å². The molecule has 1 amide bonds. The molecule has 1 atom stereocenters. The molecule has 1 unspecified atom stereocenters. The van der Waals surface area contributed by atoms with Crippen LogP contribution in [0.3, 0.4) is 0 Å². The van der Waals surface area contributed by atoms with E-state index in [0.29, 0.717) is 12.0 Å². The fourth-order valence-electron chi connectivity index (χ4n) is 3.51. The predicted octanol–water partition coefficient (Wildman–Crippen LogP) is 3.80. The van der Waals surface area contributed by atoms with Crippen LogP contribution in [0.25, 0.3) is 10.1 Å². The molecule has 1 aromatic carbocycles. The normalized spacial score (nSPS) is 26.7. The van der Waals surface area contributed by atoms with Crippen LogP contribution >= 0.6 is 35.3 Å². The van der Waals surface area contributed by atoms with Crippen molar-refractivity contribution >= 4 is 51.3 Å². The summed E-state index contributed by atoms with van der Waals surface area (Å²) >= 11 is 7.67. The summed E-state index contributed by atoms with van der Waals surface area (Å²) in [4.78, 5) is 15.7. The Morgan fingerprint density at radius 3 is 2.73 bits per heavy atom. The second kappa shape index (κ2) is 6.36. The van der Waals surface area contributed by atoms with E-state index in [1.807, 2.05) is 24.3 Å². The summed E-state index contributed by atoms with van der Waals surface area (Å²) in [6, 6.07) is 8.05. The molecule has 3 fully saturated rings. The first-order valence-electron chi connectivity index (χ1n) is 7.42. The third-order valence-corrected chi connectivity index (χ3v) is 6.30. The van der Waals surface area contributed by atoms with Gasteiger partial charge in [0.2, 0.25) is 0 Å². The van der Waals surface area contributed by atoms with Gasteiger partial charge in [0.15, 0.2) is 0 Å². The highest BCUT2D eigenvalue weighted by Crippen LogP contribution is 2.32. The largest absolute Gasteiger partial charge is 0.347 e. The maximum Gasteiger partial charge on any atom is 0.261 e. The van der Waals surface area contributed by atoms with Crippen LogP contribution in [0.4, 0.5) is 0 Å². The van der Waals surface area contributed by atoms with Gasteiger partial charge in [0.05, 0.1) is 14.6 Å². The van der Waals surface area contributed by atoms with E-state index in [1.54, 1.807) is 0 Å². The van der Waals surface area contributed by atoms with Crippen LogP contribution < -0.4 is 5.32 Å². The zero-order chi connectivity index (χ0) is 14.4. The zero-order valence-electron chi connectivity index (χ0n) is 12.0. The molecule has 3 saturated heterocycles. The Hall–Kier alpha value is -0.810. The zero-order valence-corrected chi connectivity index (χ0v) is 14.4. The van der Waals surface area contributed by atoms with Gasteiger partial charge in [-0.15, -0.1) is 23.7 Å². The van der Waals surface area contributed by atoms with E-state index >= 15 is 0 Å². The average molecular weight is 357 g/mol.